The summed E-state index contributed by atoms with van der Waals surface area (Å²) in [7, 11) is 1.10. The maximum Gasteiger partial charge on any atom is 0.187 e. The molecule has 15 unspecified atom stereocenters. The Morgan fingerprint density at radius 2 is 0.456 bits per heavy atom. The van der Waals surface area contributed by atoms with Gasteiger partial charge < -0.3 is 179 Å². The highest BCUT2D eigenvalue weighted by Crippen LogP contribution is 2.37. The monoisotopic (exact) mass is 1170 g/mol. The minimum atomic E-state index is -2.38. The SMILES string of the molecule is COC1OC(CO)[C@H](O)[C@H](O[C@@H]2OC(CO[C@@H]3OC(CO)[C@H](O)[C@H](O)C3O)[C@H](O)[C@H](O[C@@H]3OC(CO)[C@H](O)[C@H](O[C@@H]4OC(CO[C@@H]5OC(CO)[C@H](O)[C@H](O)C5O)[C@H](O)[C@H](O[C@@H]5OC(CO)[C@H](O)[C@H](O)C5O)C4O)C3O)C2O)C1O. The lowest BCUT2D eigenvalue weighted by Crippen LogP contribution is -2.68. The number of hydrogen-bond donors (Lipinski definition) is 22. The second-order valence-corrected chi connectivity index (χ2v) is 19.9. The fraction of sp³-hybridized carbons (Fsp3) is 1.00. The first kappa shape index (κ1) is 65.1. The second-order valence-electron chi connectivity index (χ2n) is 19.9. The lowest BCUT2D eigenvalue weighted by atomic mass is 9.95. The molecule has 7 aliphatic heterocycles. The summed E-state index contributed by atoms with van der Waals surface area (Å²) in [4.78, 5) is 0. The van der Waals surface area contributed by atoms with E-state index in [2.05, 4.69) is 0 Å². The minimum Gasteiger partial charge on any atom is -0.394 e. The summed E-state index contributed by atoms with van der Waals surface area (Å²) >= 11 is 0. The fourth-order valence-corrected chi connectivity index (χ4v) is 9.95. The van der Waals surface area contributed by atoms with Crippen LogP contribution in [0.5, 0.6) is 0 Å². The Hall–Kier alpha value is -1.44. The molecule has 0 amide bonds. The molecular formula is C43H74O36. The van der Waals surface area contributed by atoms with Gasteiger partial charge in [0, 0.05) is 7.11 Å². The van der Waals surface area contributed by atoms with Gasteiger partial charge >= 0.3 is 0 Å². The first-order valence-corrected chi connectivity index (χ1v) is 25.0. The van der Waals surface area contributed by atoms with Crippen molar-refractivity contribution in [3.8, 4) is 0 Å². The smallest absolute Gasteiger partial charge is 0.187 e. The zero-order chi connectivity index (χ0) is 58.1. The van der Waals surface area contributed by atoms with Gasteiger partial charge in [-0.2, -0.15) is 0 Å². The molecule has 0 spiro atoms. The zero-order valence-electron chi connectivity index (χ0n) is 41.7. The molecule has 36 nitrogen and oxygen atoms in total. The van der Waals surface area contributed by atoms with Crippen molar-refractivity contribution in [1.29, 1.82) is 0 Å². The van der Waals surface area contributed by atoms with Gasteiger partial charge in [-0.1, -0.05) is 0 Å². The summed E-state index contributed by atoms with van der Waals surface area (Å²) in [6, 6.07) is 0. The lowest BCUT2D eigenvalue weighted by molar-refractivity contribution is -0.398. The first-order chi connectivity index (χ1) is 37.5. The van der Waals surface area contributed by atoms with Crippen LogP contribution in [0.1, 0.15) is 0 Å². The van der Waals surface area contributed by atoms with Crippen LogP contribution in [0.15, 0.2) is 0 Å². The van der Waals surface area contributed by atoms with Gasteiger partial charge in [0.1, 0.15) is 171 Å². The molecule has 35 atom stereocenters. The summed E-state index contributed by atoms with van der Waals surface area (Å²) in [6.45, 7) is -6.53. The third-order valence-electron chi connectivity index (χ3n) is 14.7. The van der Waals surface area contributed by atoms with Crippen LogP contribution in [0.3, 0.4) is 0 Å². The van der Waals surface area contributed by atoms with Crippen molar-refractivity contribution < 1.29 is 179 Å². The molecule has 0 bridgehead atoms. The molecule has 7 saturated heterocycles. The van der Waals surface area contributed by atoms with Crippen LogP contribution in [-0.2, 0) is 66.3 Å². The average Bonchev–Trinajstić information content (AvgIpc) is 3.46. The van der Waals surface area contributed by atoms with E-state index in [4.69, 9.17) is 66.3 Å². The maximum absolute atomic E-state index is 11.9. The number of ether oxygens (including phenoxy) is 14. The number of aliphatic hydroxyl groups excluding tert-OH is 22. The Bertz CT molecular complexity index is 1810. The number of rotatable bonds is 20. The molecule has 0 saturated carbocycles. The van der Waals surface area contributed by atoms with E-state index < -0.39 is 261 Å². The van der Waals surface area contributed by atoms with Crippen molar-refractivity contribution in [3.05, 3.63) is 0 Å². The average molecular weight is 1170 g/mol. The Kier molecular flexibility index (Phi) is 23.2. The van der Waals surface area contributed by atoms with E-state index in [1.165, 1.54) is 0 Å². The summed E-state index contributed by atoms with van der Waals surface area (Å²) in [6.07, 6.45) is -68.8. The molecule has 462 valence electrons. The Morgan fingerprint density at radius 3 is 0.747 bits per heavy atom. The van der Waals surface area contributed by atoms with Gasteiger partial charge in [-0.25, -0.2) is 0 Å². The largest absolute Gasteiger partial charge is 0.394 e. The van der Waals surface area contributed by atoms with Crippen molar-refractivity contribution >= 4 is 0 Å². The molecule has 7 aliphatic rings. The van der Waals surface area contributed by atoms with Gasteiger partial charge in [0.25, 0.3) is 0 Å². The van der Waals surface area contributed by atoms with Crippen LogP contribution in [-0.4, -0.2) is 381 Å². The summed E-state index contributed by atoms with van der Waals surface area (Å²) in [5, 5.41) is 236. The van der Waals surface area contributed by atoms with Crippen LogP contribution >= 0.6 is 0 Å². The predicted octanol–water partition coefficient (Wildman–Crippen LogP) is -15.6. The van der Waals surface area contributed by atoms with E-state index in [1.807, 2.05) is 0 Å². The number of methoxy groups -OCH3 is 1. The van der Waals surface area contributed by atoms with Crippen LogP contribution in [0.2, 0.25) is 0 Å². The van der Waals surface area contributed by atoms with Crippen LogP contribution < -0.4 is 0 Å². The molecule has 0 radical (unpaired) electrons. The van der Waals surface area contributed by atoms with E-state index in [-0.39, 0.29) is 0 Å². The predicted molar refractivity (Wildman–Crippen MR) is 237 cm³/mol. The topological polar surface area (TPSA) is 574 Å². The highest BCUT2D eigenvalue weighted by atomic mass is 16.8. The van der Waals surface area contributed by atoms with E-state index in [9.17, 15) is 112 Å². The molecule has 36 heteroatoms. The summed E-state index contributed by atoms with van der Waals surface area (Å²) < 4.78 is 78.4. The first-order valence-electron chi connectivity index (χ1n) is 25.0. The van der Waals surface area contributed by atoms with Gasteiger partial charge in [0.05, 0.1) is 46.2 Å². The van der Waals surface area contributed by atoms with Crippen molar-refractivity contribution in [2.75, 3.05) is 53.4 Å². The van der Waals surface area contributed by atoms with Crippen LogP contribution in [0, 0.1) is 0 Å². The Balaban J connectivity index is 1.15. The molecule has 0 aromatic carbocycles. The minimum absolute atomic E-state index is 0.855. The van der Waals surface area contributed by atoms with E-state index in [0.29, 0.717) is 0 Å². The molecule has 7 fully saturated rings. The summed E-state index contributed by atoms with van der Waals surface area (Å²) in [5.41, 5.74) is 0. The number of aliphatic hydroxyl groups is 22. The zero-order valence-corrected chi connectivity index (χ0v) is 41.7. The molecule has 7 rings (SSSR count). The maximum atomic E-state index is 11.9. The summed E-state index contributed by atoms with van der Waals surface area (Å²) in [5.74, 6) is 0. The standard InChI is InChI=1S/C43H74O36/c1-66-37-29(62)33(19(52)12(5-47)69-37)77-42-32(65)36(22(55)15(74-42)8-68-39-27(60)24(57)17(50)10(3-45)71-39)79-41-30(63)34(20(53)13(6-48)73-41)78-43-31(64)35(76-40-28(61)25(58)18(51)11(4-46)72-40)21(54)14(75-43)7-67-38-26(59)23(56)16(49)9(2-44)70-38/h9-65H,2-8H2,1H3/t9?,10?,11?,12?,13?,14?,15?,16-,17-,18-,19-,20-,21-,22-,23-,24-,25-,26?,27?,28?,29?,30?,31?,32?,33-,34-,35-,36-,37?,38+,39+,40-,41-,42-,43-/m0/s1. The molecule has 79 heavy (non-hydrogen) atoms. The molecule has 22 N–H and O–H groups in total. The highest BCUT2D eigenvalue weighted by Gasteiger charge is 2.58. The number of hydrogen-bond acceptors (Lipinski definition) is 36. The van der Waals surface area contributed by atoms with Crippen molar-refractivity contribution in [2.24, 2.45) is 0 Å². The quantitative estimate of drug-likeness (QED) is 0.0538. The van der Waals surface area contributed by atoms with Gasteiger partial charge in [0.2, 0.25) is 0 Å². The molecule has 0 aliphatic carbocycles. The van der Waals surface area contributed by atoms with Crippen molar-refractivity contribution in [2.45, 2.75) is 215 Å². The van der Waals surface area contributed by atoms with Crippen LogP contribution in [0.4, 0.5) is 0 Å². The van der Waals surface area contributed by atoms with Gasteiger partial charge in [0.15, 0.2) is 44.0 Å². The van der Waals surface area contributed by atoms with E-state index in [1.54, 1.807) is 0 Å². The molecular weight excluding hydrogens is 1090 g/mol. The second kappa shape index (κ2) is 28.2. The van der Waals surface area contributed by atoms with Gasteiger partial charge in [-0.05, 0) is 0 Å². The van der Waals surface area contributed by atoms with E-state index >= 15 is 0 Å². The van der Waals surface area contributed by atoms with Gasteiger partial charge in [-0.3, -0.25) is 0 Å². The Morgan fingerprint density at radius 1 is 0.241 bits per heavy atom. The van der Waals surface area contributed by atoms with E-state index in [0.717, 1.165) is 7.11 Å². The van der Waals surface area contributed by atoms with Gasteiger partial charge in [-0.15, -0.1) is 0 Å². The molecule has 0 aromatic rings. The fourth-order valence-electron chi connectivity index (χ4n) is 9.95. The normalized spacial score (nSPS) is 53.0. The third-order valence-corrected chi connectivity index (χ3v) is 14.7. The highest BCUT2D eigenvalue weighted by molar-refractivity contribution is 5.00. The Labute approximate surface area is 446 Å². The van der Waals surface area contributed by atoms with Crippen LogP contribution in [0.25, 0.3) is 0 Å². The lowest BCUT2D eigenvalue weighted by Gasteiger charge is -2.50. The van der Waals surface area contributed by atoms with Crippen molar-refractivity contribution in [1.82, 2.24) is 0 Å². The molecule has 7 heterocycles. The third kappa shape index (κ3) is 13.7. The van der Waals surface area contributed by atoms with Crippen molar-refractivity contribution in [3.63, 3.8) is 0 Å². The molecule has 0 aromatic heterocycles.